The largest absolute Gasteiger partial charge is 0.481 e. The van der Waals surface area contributed by atoms with Gasteiger partial charge in [0.25, 0.3) is 0 Å². The fraction of sp³-hybridized carbons (Fsp3) is 0.845. The number of aliphatic hydroxyl groups excluding tert-OH is 1. The van der Waals surface area contributed by atoms with E-state index in [0.29, 0.717) is 83.6 Å². The second-order valence-electron chi connectivity index (χ2n) is 38.3. The van der Waals surface area contributed by atoms with Crippen LogP contribution in [-0.4, -0.2) is 309 Å². The molecule has 836 valence electrons. The van der Waals surface area contributed by atoms with Gasteiger partial charge < -0.3 is 127 Å². The van der Waals surface area contributed by atoms with E-state index in [0.717, 1.165) is 103 Å². The fourth-order valence-corrected chi connectivity index (χ4v) is 17.2. The molecule has 2 aliphatic rings. The van der Waals surface area contributed by atoms with Gasteiger partial charge in [0.05, 0.1) is 85.9 Å². The number of carbonyl (C=O) groups excluding carboxylic acids is 12. The van der Waals surface area contributed by atoms with Gasteiger partial charge in [-0.1, -0.05) is 193 Å². The van der Waals surface area contributed by atoms with E-state index >= 15 is 0 Å². The van der Waals surface area contributed by atoms with E-state index in [-0.39, 0.29) is 249 Å². The van der Waals surface area contributed by atoms with Crippen LogP contribution in [0, 0.1) is 23.7 Å². The molecule has 2 rings (SSSR count). The lowest BCUT2D eigenvalue weighted by Gasteiger charge is -2.28. The van der Waals surface area contributed by atoms with E-state index in [2.05, 4.69) is 76.0 Å². The van der Waals surface area contributed by atoms with Crippen molar-refractivity contribution in [3.63, 3.8) is 0 Å². The molecule has 0 unspecified atom stereocenters. The summed E-state index contributed by atoms with van der Waals surface area (Å²) in [6.07, 6.45) is 46.0. The quantitative estimate of drug-likeness (QED) is 0.0154. The Hall–Kier alpha value is -8.33. The van der Waals surface area contributed by atoms with Crippen molar-refractivity contribution in [1.82, 2.24) is 63.2 Å². The van der Waals surface area contributed by atoms with Crippen molar-refractivity contribution in [2.24, 2.45) is 23.7 Å². The first kappa shape index (κ1) is 133. The fourth-order valence-electron chi connectivity index (χ4n) is 17.0. The van der Waals surface area contributed by atoms with Gasteiger partial charge in [-0.3, -0.25) is 67.1 Å². The number of aldehydes is 1. The van der Waals surface area contributed by atoms with Gasteiger partial charge in [0.2, 0.25) is 65.0 Å². The van der Waals surface area contributed by atoms with Crippen LogP contribution in [0.25, 0.3) is 0 Å². The second-order valence-corrected chi connectivity index (χ2v) is 38.6. The Labute approximate surface area is 865 Å². The number of amides is 11. The van der Waals surface area contributed by atoms with Gasteiger partial charge in [-0.2, -0.15) is 0 Å². The molecule has 0 bridgehead atoms. The molecule has 0 aromatic rings. The number of nitrogens with one attached hydrogen (secondary N) is 12. The number of aliphatic carboxylic acids is 4. The number of carboxylic acid groups (broad SMARTS) is 4. The molecular formula is C103H184N12O29S. The lowest BCUT2D eigenvalue weighted by atomic mass is 9.81. The summed E-state index contributed by atoms with van der Waals surface area (Å²) in [5, 5.41) is 77.0. The Morgan fingerprint density at radius 3 is 0.876 bits per heavy atom. The van der Waals surface area contributed by atoms with Crippen molar-refractivity contribution in [3.05, 3.63) is 0 Å². The third-order valence-electron chi connectivity index (χ3n) is 25.9. The predicted molar refractivity (Wildman–Crippen MR) is 548 cm³/mol. The molecule has 2 aliphatic carbocycles. The topological polar surface area (TPSA) is 592 Å². The van der Waals surface area contributed by atoms with Gasteiger partial charge in [0.1, 0.15) is 56.4 Å². The Morgan fingerprint density at radius 2 is 0.566 bits per heavy atom. The molecule has 0 saturated heterocycles. The van der Waals surface area contributed by atoms with Crippen LogP contribution in [0.4, 0.5) is 0 Å². The Kier molecular flexibility index (Phi) is 84.1. The molecule has 0 heterocycles. The molecule has 0 aromatic carbocycles. The summed E-state index contributed by atoms with van der Waals surface area (Å²) >= 11 is 3.95. The summed E-state index contributed by atoms with van der Waals surface area (Å²) in [5.41, 5.74) is -1.23. The van der Waals surface area contributed by atoms with Gasteiger partial charge in [0.15, 0.2) is 0 Å². The Bertz CT molecular complexity index is 3490. The summed E-state index contributed by atoms with van der Waals surface area (Å²) in [6, 6.07) is -3.43. The van der Waals surface area contributed by atoms with Crippen molar-refractivity contribution in [3.8, 4) is 0 Å². The molecule has 145 heavy (non-hydrogen) atoms. The minimum absolute atomic E-state index is 0.0135. The highest BCUT2D eigenvalue weighted by atomic mass is 32.1. The van der Waals surface area contributed by atoms with Crippen molar-refractivity contribution in [2.45, 2.75) is 370 Å². The van der Waals surface area contributed by atoms with E-state index in [1.54, 1.807) is 0 Å². The molecule has 41 nitrogen and oxygen atoms in total. The first-order valence-corrected chi connectivity index (χ1v) is 54.8. The van der Waals surface area contributed by atoms with Crippen LogP contribution in [0.5, 0.6) is 0 Å². The molecular weight excluding hydrogens is 1900 g/mol. The van der Waals surface area contributed by atoms with Crippen LogP contribution in [0.2, 0.25) is 0 Å². The first-order valence-electron chi connectivity index (χ1n) is 54.3. The maximum atomic E-state index is 13.4. The van der Waals surface area contributed by atoms with E-state index in [1.165, 1.54) is 128 Å². The van der Waals surface area contributed by atoms with Crippen LogP contribution < -0.4 is 63.2 Å². The van der Waals surface area contributed by atoms with Crippen molar-refractivity contribution in [2.75, 3.05) is 165 Å². The summed E-state index contributed by atoms with van der Waals surface area (Å²) in [5.74, 6) is -7.74. The predicted octanol–water partition coefficient (Wildman–Crippen LogP) is 8.76. The van der Waals surface area contributed by atoms with Crippen molar-refractivity contribution >= 4 is 108 Å². The number of carboxylic acids is 4. The highest BCUT2D eigenvalue weighted by molar-refractivity contribution is 7.78. The van der Waals surface area contributed by atoms with Gasteiger partial charge in [-0.15, -0.1) is 0 Å². The van der Waals surface area contributed by atoms with Crippen molar-refractivity contribution in [1.29, 1.82) is 0 Å². The molecule has 0 radical (unpaired) electrons. The normalized spacial score (nSPS) is 15.5. The number of ether oxygens (including phenoxy) is 8. The summed E-state index contributed by atoms with van der Waals surface area (Å²) in [4.78, 5) is 197. The van der Waals surface area contributed by atoms with Crippen LogP contribution in [0.1, 0.15) is 347 Å². The van der Waals surface area contributed by atoms with E-state index < -0.39 is 90.3 Å². The average molecular weight is 2090 g/mol. The van der Waals surface area contributed by atoms with Gasteiger partial charge >= 0.3 is 23.9 Å². The molecule has 0 spiro atoms. The van der Waals surface area contributed by atoms with Gasteiger partial charge in [-0.25, -0.2) is 9.59 Å². The number of carbonyl (C=O) groups is 16. The van der Waals surface area contributed by atoms with Crippen molar-refractivity contribution < 1.29 is 140 Å². The van der Waals surface area contributed by atoms with E-state index in [9.17, 15) is 92.0 Å². The second kappa shape index (κ2) is 91.9. The lowest BCUT2D eigenvalue weighted by molar-refractivity contribution is -0.143. The minimum atomic E-state index is -1.24. The number of hydrogen-bond acceptors (Lipinski definition) is 27. The third-order valence-corrected chi connectivity index (χ3v) is 26.4. The molecule has 2 fully saturated rings. The molecule has 42 heteroatoms. The summed E-state index contributed by atoms with van der Waals surface area (Å²) in [7, 11) is 0. The summed E-state index contributed by atoms with van der Waals surface area (Å²) < 4.78 is 46.1. The minimum Gasteiger partial charge on any atom is -0.481 e. The lowest BCUT2D eigenvalue weighted by Crippen LogP contribution is -2.48. The maximum Gasteiger partial charge on any atom is 0.326 e. The Balaban J connectivity index is 1.47. The summed E-state index contributed by atoms with van der Waals surface area (Å²) in [6.45, 7) is 1.86. The number of hydrogen-bond donors (Lipinski definition) is 18. The standard InChI is InChI=1S/C103H184N12O29S/c116-79-103(80-117,115-145)54-34-36-56-109-100(132)85(112-95(125)78-144-72-68-140-64-60-108-94(124)77-143-71-66-138-62-58-106-91(121)53-51-87(102(135)136)114-99(131)84-48-44-82(45-49-84)74-111-89(119)39-30-26-22-18-14-10-6-2-4-8-12-16-20-24-28-32-41-97(128)129)37-33-35-55-104-92(122)75-141-69-67-139-63-59-107-93(123)76-142-70-65-137-61-57-105-90(120)52-50-86(101(133)134)113-98(130)83-46-42-81(43-47-83)73-110-88(118)38-29-25-21-17-13-9-5-1-3-7-11-15-19-23-27-31-40-96(126)127/h79,81-87,115,117,145H,1-78,80H2,(H,104,122)(H,105,120)(H,106,121)(H,107,123)(H,108,124)(H,109,132)(H,110,118)(H,111,119)(H,112,125)(H,113,130)(H,114,131)(H,126,127)(H,128,129)(H,133,134)(H,135,136)/t81-,82-,83-,84-,85-,86-,87-,103-/m0/s1. The molecule has 2 saturated carbocycles. The number of rotatable bonds is 101. The molecule has 0 aliphatic heterocycles. The van der Waals surface area contributed by atoms with Gasteiger partial charge in [0, 0.05) is 103 Å². The number of aliphatic hydroxyl groups is 1. The van der Waals surface area contributed by atoms with Crippen LogP contribution >= 0.6 is 12.8 Å². The smallest absolute Gasteiger partial charge is 0.326 e. The Morgan fingerprint density at radius 1 is 0.283 bits per heavy atom. The molecule has 0 aromatic heterocycles. The van der Waals surface area contributed by atoms with E-state index in [4.69, 9.17) is 48.1 Å². The first-order chi connectivity index (χ1) is 70.3. The van der Waals surface area contributed by atoms with Gasteiger partial charge in [-0.05, 0) is 140 Å². The molecule has 17 N–H and O–H groups in total. The van der Waals surface area contributed by atoms with Crippen LogP contribution in [0.3, 0.4) is 0 Å². The van der Waals surface area contributed by atoms with Crippen LogP contribution in [-0.2, 0) is 115 Å². The molecule has 11 amide bonds. The highest BCUT2D eigenvalue weighted by Gasteiger charge is 2.33. The number of thiol groups is 1. The highest BCUT2D eigenvalue weighted by Crippen LogP contribution is 2.31. The zero-order valence-electron chi connectivity index (χ0n) is 87.0. The SMILES string of the molecule is O=C[C@](CO)(CCCCNC(=O)[C@H](CCCCNC(=O)COCCOCCNC(=O)COCCOCCNC(=O)CC[C@H](NC(=O)[C@H]1CC[C@H](CNC(=O)CCCCCCCCCCCCCCCCCCC(=O)O)CC1)C(=O)O)NC(=O)COCCOCCNC(=O)COCCOCCNC(=O)CC[C@H](NC(=O)[C@H]1CC[C@H](CNC(=O)CCCCCCCCCCCCCCCCCCC(=O)O)CC1)C(=O)O)NS. The third kappa shape index (κ3) is 78.6. The van der Waals surface area contributed by atoms with E-state index in [1.807, 2.05) is 0 Å². The zero-order valence-corrected chi connectivity index (χ0v) is 87.9. The zero-order chi connectivity index (χ0) is 106. The average Bonchev–Trinajstić information content (AvgIpc) is 0.870. The monoisotopic (exact) mass is 2090 g/mol. The number of unbranched alkanes of at least 4 members (excludes halogenated alkanes) is 32. The maximum absolute atomic E-state index is 13.4. The van der Waals surface area contributed by atoms with Crippen LogP contribution in [0.15, 0.2) is 0 Å². The molecule has 4 atom stereocenters.